The van der Waals surface area contributed by atoms with E-state index in [9.17, 15) is 9.18 Å². The van der Waals surface area contributed by atoms with Crippen LogP contribution in [0.2, 0.25) is 0 Å². The Morgan fingerprint density at radius 1 is 1.40 bits per heavy atom. The summed E-state index contributed by atoms with van der Waals surface area (Å²) < 4.78 is 13.2. The highest BCUT2D eigenvalue weighted by atomic mass is 19.1. The van der Waals surface area contributed by atoms with E-state index in [-0.39, 0.29) is 18.3 Å². The summed E-state index contributed by atoms with van der Waals surface area (Å²) in [4.78, 5) is 11.3. The third-order valence-electron chi connectivity index (χ3n) is 2.03. The predicted molar refractivity (Wildman–Crippen MR) is 57.7 cm³/mol. The Kier molecular flexibility index (Phi) is 4.28. The first-order chi connectivity index (χ1) is 7.09. The van der Waals surface area contributed by atoms with Gasteiger partial charge in [-0.3, -0.25) is 4.79 Å². The molecule has 0 saturated heterocycles. The fourth-order valence-electron chi connectivity index (χ4n) is 1.28. The summed E-state index contributed by atoms with van der Waals surface area (Å²) in [5.74, 6) is 0.0150. The summed E-state index contributed by atoms with van der Waals surface area (Å²) in [5.41, 5.74) is 0.523. The average molecular weight is 209 g/mol. The second-order valence-electron chi connectivity index (χ2n) is 3.97. The molecule has 0 radical (unpaired) electrons. The lowest BCUT2D eigenvalue weighted by Crippen LogP contribution is -2.24. The molecular weight excluding hydrogens is 193 g/mol. The van der Waals surface area contributed by atoms with E-state index in [2.05, 4.69) is 5.32 Å². The average Bonchev–Trinajstić information content (AvgIpc) is 2.15. The van der Waals surface area contributed by atoms with Gasteiger partial charge in [-0.15, -0.1) is 0 Å². The van der Waals surface area contributed by atoms with E-state index < -0.39 is 0 Å². The van der Waals surface area contributed by atoms with Gasteiger partial charge in [-0.2, -0.15) is 0 Å². The van der Waals surface area contributed by atoms with Gasteiger partial charge in [0.05, 0.1) is 0 Å². The summed E-state index contributed by atoms with van der Waals surface area (Å²) in [6.07, 6.45) is 0.481. The molecule has 82 valence electrons. The molecule has 0 aromatic heterocycles. The summed E-state index contributed by atoms with van der Waals surface area (Å²) in [6.45, 7) is 4.21. The number of rotatable bonds is 4. The van der Waals surface area contributed by atoms with Gasteiger partial charge in [0.25, 0.3) is 0 Å². The second-order valence-corrected chi connectivity index (χ2v) is 3.97. The van der Waals surface area contributed by atoms with Crippen molar-refractivity contribution in [3.63, 3.8) is 0 Å². The standard InChI is InChI=1S/C12H16FNO/c1-9(2)7-12(15)14-8-10-5-3-4-6-11(10)13/h3-6,9H,7-8H2,1-2H3,(H,14,15). The number of hydrogen-bond acceptors (Lipinski definition) is 1. The number of benzene rings is 1. The predicted octanol–water partition coefficient (Wildman–Crippen LogP) is 2.49. The van der Waals surface area contributed by atoms with Gasteiger partial charge in [0, 0.05) is 18.5 Å². The minimum absolute atomic E-state index is 0.0340. The lowest BCUT2D eigenvalue weighted by molar-refractivity contribution is -0.121. The first kappa shape index (κ1) is 11.7. The van der Waals surface area contributed by atoms with Crippen LogP contribution in [0.4, 0.5) is 4.39 Å². The maximum Gasteiger partial charge on any atom is 0.220 e. The van der Waals surface area contributed by atoms with E-state index in [1.54, 1.807) is 18.2 Å². The van der Waals surface area contributed by atoms with Crippen LogP contribution in [0.3, 0.4) is 0 Å². The van der Waals surface area contributed by atoms with Crippen LogP contribution in [0.15, 0.2) is 24.3 Å². The smallest absolute Gasteiger partial charge is 0.220 e. The van der Waals surface area contributed by atoms with Crippen molar-refractivity contribution in [3.8, 4) is 0 Å². The van der Waals surface area contributed by atoms with E-state index in [1.165, 1.54) is 6.07 Å². The van der Waals surface area contributed by atoms with Gasteiger partial charge >= 0.3 is 0 Å². The minimum Gasteiger partial charge on any atom is -0.352 e. The molecule has 0 fully saturated rings. The normalized spacial score (nSPS) is 10.4. The Morgan fingerprint density at radius 3 is 2.67 bits per heavy atom. The van der Waals surface area contributed by atoms with Crippen LogP contribution in [0.25, 0.3) is 0 Å². The third kappa shape index (κ3) is 4.11. The second kappa shape index (κ2) is 5.49. The zero-order valence-electron chi connectivity index (χ0n) is 9.09. The fourth-order valence-corrected chi connectivity index (χ4v) is 1.28. The molecule has 0 aliphatic heterocycles. The van der Waals surface area contributed by atoms with Gasteiger partial charge in [0.1, 0.15) is 5.82 Å². The van der Waals surface area contributed by atoms with Gasteiger partial charge in [0.2, 0.25) is 5.91 Å². The molecule has 3 heteroatoms. The van der Waals surface area contributed by atoms with Crippen molar-refractivity contribution in [2.75, 3.05) is 0 Å². The summed E-state index contributed by atoms with van der Waals surface area (Å²) in [5, 5.41) is 2.69. The molecule has 0 bridgehead atoms. The fraction of sp³-hybridized carbons (Fsp3) is 0.417. The lowest BCUT2D eigenvalue weighted by atomic mass is 10.1. The molecule has 1 N–H and O–H groups in total. The number of carbonyl (C=O) groups excluding carboxylic acids is 1. The van der Waals surface area contributed by atoms with Gasteiger partial charge in [-0.1, -0.05) is 32.0 Å². The molecular formula is C12H16FNO. The molecule has 0 unspecified atom stereocenters. The number of hydrogen-bond donors (Lipinski definition) is 1. The van der Waals surface area contributed by atoms with E-state index in [0.29, 0.717) is 17.9 Å². The van der Waals surface area contributed by atoms with E-state index in [0.717, 1.165) is 0 Å². The highest BCUT2D eigenvalue weighted by Crippen LogP contribution is 2.06. The monoisotopic (exact) mass is 209 g/mol. The summed E-state index contributed by atoms with van der Waals surface area (Å²) in [7, 11) is 0. The highest BCUT2D eigenvalue weighted by Gasteiger charge is 2.05. The van der Waals surface area contributed by atoms with E-state index in [1.807, 2.05) is 13.8 Å². The topological polar surface area (TPSA) is 29.1 Å². The van der Waals surface area contributed by atoms with E-state index >= 15 is 0 Å². The van der Waals surface area contributed by atoms with Crippen molar-refractivity contribution in [2.45, 2.75) is 26.8 Å². The lowest BCUT2D eigenvalue weighted by Gasteiger charge is -2.07. The Morgan fingerprint density at radius 2 is 2.07 bits per heavy atom. The summed E-state index contributed by atoms with van der Waals surface area (Å²) in [6, 6.07) is 6.46. The molecule has 0 atom stereocenters. The largest absolute Gasteiger partial charge is 0.352 e. The molecule has 2 nitrogen and oxygen atoms in total. The van der Waals surface area contributed by atoms with Crippen LogP contribution >= 0.6 is 0 Å². The van der Waals surface area contributed by atoms with Crippen LogP contribution < -0.4 is 5.32 Å². The first-order valence-electron chi connectivity index (χ1n) is 5.09. The van der Waals surface area contributed by atoms with Crippen molar-refractivity contribution < 1.29 is 9.18 Å². The molecule has 0 spiro atoms. The van der Waals surface area contributed by atoms with Crippen molar-refractivity contribution >= 4 is 5.91 Å². The molecule has 0 heterocycles. The van der Waals surface area contributed by atoms with Gasteiger partial charge < -0.3 is 5.32 Å². The number of halogens is 1. The molecule has 1 aromatic rings. The summed E-state index contributed by atoms with van der Waals surface area (Å²) >= 11 is 0. The quantitative estimate of drug-likeness (QED) is 0.811. The van der Waals surface area contributed by atoms with Crippen LogP contribution in [0.1, 0.15) is 25.8 Å². The Hall–Kier alpha value is -1.38. The molecule has 1 amide bonds. The number of amides is 1. The number of nitrogens with one attached hydrogen (secondary N) is 1. The first-order valence-corrected chi connectivity index (χ1v) is 5.09. The van der Waals surface area contributed by atoms with Gasteiger partial charge in [-0.25, -0.2) is 4.39 Å². The maximum absolute atomic E-state index is 13.2. The molecule has 1 aromatic carbocycles. The zero-order chi connectivity index (χ0) is 11.3. The van der Waals surface area contributed by atoms with Crippen LogP contribution in [0, 0.1) is 11.7 Å². The SMILES string of the molecule is CC(C)CC(=O)NCc1ccccc1F. The van der Waals surface area contributed by atoms with Crippen molar-refractivity contribution in [1.29, 1.82) is 0 Å². The van der Waals surface area contributed by atoms with Crippen LogP contribution in [-0.2, 0) is 11.3 Å². The molecule has 15 heavy (non-hydrogen) atoms. The van der Waals surface area contributed by atoms with Crippen LogP contribution in [-0.4, -0.2) is 5.91 Å². The Bertz CT molecular complexity index is 336. The third-order valence-corrected chi connectivity index (χ3v) is 2.03. The highest BCUT2D eigenvalue weighted by molar-refractivity contribution is 5.76. The molecule has 0 aliphatic rings. The van der Waals surface area contributed by atoms with Crippen LogP contribution in [0.5, 0.6) is 0 Å². The van der Waals surface area contributed by atoms with Gasteiger partial charge in [-0.05, 0) is 12.0 Å². The van der Waals surface area contributed by atoms with Crippen molar-refractivity contribution in [3.05, 3.63) is 35.6 Å². The molecule has 0 saturated carbocycles. The van der Waals surface area contributed by atoms with Crippen molar-refractivity contribution in [1.82, 2.24) is 5.32 Å². The van der Waals surface area contributed by atoms with Gasteiger partial charge in [0.15, 0.2) is 0 Å². The Balaban J connectivity index is 2.44. The van der Waals surface area contributed by atoms with Crippen molar-refractivity contribution in [2.24, 2.45) is 5.92 Å². The van der Waals surface area contributed by atoms with E-state index in [4.69, 9.17) is 0 Å². The Labute approximate surface area is 89.5 Å². The molecule has 1 rings (SSSR count). The zero-order valence-corrected chi connectivity index (χ0v) is 9.09. The minimum atomic E-state index is -0.276. The maximum atomic E-state index is 13.2. The molecule has 0 aliphatic carbocycles. The number of carbonyl (C=O) groups is 1.